The van der Waals surface area contributed by atoms with Crippen LogP contribution in [0.4, 0.5) is 10.2 Å². The van der Waals surface area contributed by atoms with Gasteiger partial charge in [-0.25, -0.2) is 14.4 Å². The number of benzene rings is 2. The van der Waals surface area contributed by atoms with Crippen LogP contribution in [0.3, 0.4) is 0 Å². The van der Waals surface area contributed by atoms with Gasteiger partial charge in [-0.1, -0.05) is 12.1 Å². The molecule has 0 aliphatic carbocycles. The van der Waals surface area contributed by atoms with Crippen molar-refractivity contribution in [2.45, 2.75) is 6.04 Å². The van der Waals surface area contributed by atoms with Crippen molar-refractivity contribution in [3.8, 4) is 39.7 Å². The molecular formula is C28H23FN8O. The van der Waals surface area contributed by atoms with E-state index in [0.29, 0.717) is 28.3 Å². The summed E-state index contributed by atoms with van der Waals surface area (Å²) in [5, 5.41) is 8.57. The zero-order valence-electron chi connectivity index (χ0n) is 20.4. The summed E-state index contributed by atoms with van der Waals surface area (Å²) in [6.07, 6.45) is 3.45. The number of nitrogens with one attached hydrogen (secondary N) is 2. The van der Waals surface area contributed by atoms with Crippen LogP contribution in [-0.2, 0) is 0 Å². The minimum Gasteiger partial charge on any atom is -0.497 e. The van der Waals surface area contributed by atoms with Gasteiger partial charge >= 0.3 is 0 Å². The Bertz CT molecular complexity index is 1820. The Morgan fingerprint density at radius 3 is 2.74 bits per heavy atom. The van der Waals surface area contributed by atoms with Crippen molar-refractivity contribution in [2.75, 3.05) is 25.1 Å². The van der Waals surface area contributed by atoms with Gasteiger partial charge in [0.2, 0.25) is 0 Å². The first-order chi connectivity index (χ1) is 18.6. The number of ether oxygens (including phenoxy) is 1. The van der Waals surface area contributed by atoms with Crippen LogP contribution in [0.15, 0.2) is 67.0 Å². The number of aromatic nitrogens is 6. The van der Waals surface area contributed by atoms with Gasteiger partial charge in [-0.3, -0.25) is 10.1 Å². The summed E-state index contributed by atoms with van der Waals surface area (Å²) in [5.41, 5.74) is 12.8. The number of anilines is 1. The van der Waals surface area contributed by atoms with E-state index in [1.54, 1.807) is 12.4 Å². The Kier molecular flexibility index (Phi) is 5.08. The van der Waals surface area contributed by atoms with Crippen LogP contribution in [0.2, 0.25) is 0 Å². The number of aromatic amines is 2. The zero-order chi connectivity index (χ0) is 25.8. The quantitative estimate of drug-likeness (QED) is 0.314. The fourth-order valence-corrected chi connectivity index (χ4v) is 4.93. The van der Waals surface area contributed by atoms with Crippen molar-refractivity contribution in [3.05, 3.63) is 72.8 Å². The number of nitrogens with zero attached hydrogens (tertiary/aromatic N) is 5. The summed E-state index contributed by atoms with van der Waals surface area (Å²) in [5.74, 6) is 0.897. The molecule has 7 rings (SSSR count). The minimum atomic E-state index is -0.355. The Morgan fingerprint density at radius 2 is 1.89 bits per heavy atom. The van der Waals surface area contributed by atoms with E-state index < -0.39 is 0 Å². The van der Waals surface area contributed by atoms with E-state index in [0.717, 1.165) is 52.1 Å². The molecule has 0 radical (unpaired) electrons. The molecule has 1 aliphatic heterocycles. The third-order valence-electron chi connectivity index (χ3n) is 6.86. The van der Waals surface area contributed by atoms with Gasteiger partial charge in [-0.15, -0.1) is 0 Å². The van der Waals surface area contributed by atoms with Crippen molar-refractivity contribution in [2.24, 2.45) is 5.73 Å². The highest BCUT2D eigenvalue weighted by Gasteiger charge is 2.25. The molecule has 0 saturated carbocycles. The lowest BCUT2D eigenvalue weighted by Gasteiger charge is -2.37. The van der Waals surface area contributed by atoms with Gasteiger partial charge in [0, 0.05) is 36.1 Å². The maximum absolute atomic E-state index is 14.3. The van der Waals surface area contributed by atoms with Crippen LogP contribution >= 0.6 is 0 Å². The summed E-state index contributed by atoms with van der Waals surface area (Å²) in [7, 11) is 1.53. The molecule has 0 unspecified atom stereocenters. The lowest BCUT2D eigenvalue weighted by atomic mass is 10.0. The number of methoxy groups -OCH3 is 1. The maximum Gasteiger partial charge on any atom is 0.147 e. The predicted octanol–water partition coefficient (Wildman–Crippen LogP) is 4.53. The van der Waals surface area contributed by atoms with E-state index in [-0.39, 0.29) is 11.9 Å². The molecule has 6 aromatic rings. The molecular weight excluding hydrogens is 483 g/mol. The number of hydrogen-bond acceptors (Lipinski definition) is 7. The van der Waals surface area contributed by atoms with Crippen LogP contribution in [0, 0.1) is 5.82 Å². The van der Waals surface area contributed by atoms with Crippen molar-refractivity contribution in [1.82, 2.24) is 30.1 Å². The van der Waals surface area contributed by atoms with Crippen LogP contribution < -0.4 is 15.4 Å². The Hall–Kier alpha value is -4.83. The van der Waals surface area contributed by atoms with E-state index in [1.165, 1.54) is 19.2 Å². The monoisotopic (exact) mass is 506 g/mol. The van der Waals surface area contributed by atoms with Crippen LogP contribution in [-0.4, -0.2) is 56.4 Å². The standard InChI is InChI=1S/C28H23FN8O/c1-38-18-8-15(7-16(29)9-18)19-3-2-4-21-20(19)10-24(32-21)28-27-23(35-36-28)6-5-22(34-27)25-11-31-12-26(33-25)37-13-17(30)14-37/h2-12,17,32H,13-14,30H2,1H3,(H,35,36). The van der Waals surface area contributed by atoms with Crippen LogP contribution in [0.5, 0.6) is 5.75 Å². The number of rotatable bonds is 5. The number of pyridine rings is 1. The number of H-pyrrole nitrogens is 2. The molecule has 1 fully saturated rings. The highest BCUT2D eigenvalue weighted by Crippen LogP contribution is 2.35. The topological polar surface area (TPSA) is 122 Å². The summed E-state index contributed by atoms with van der Waals surface area (Å²) < 4.78 is 19.5. The largest absolute Gasteiger partial charge is 0.497 e. The Morgan fingerprint density at radius 1 is 1.00 bits per heavy atom. The first kappa shape index (κ1) is 22.4. The summed E-state index contributed by atoms with van der Waals surface area (Å²) in [6.45, 7) is 1.53. The average molecular weight is 507 g/mol. The molecule has 1 saturated heterocycles. The second-order valence-electron chi connectivity index (χ2n) is 9.42. The lowest BCUT2D eigenvalue weighted by Crippen LogP contribution is -2.56. The molecule has 4 aromatic heterocycles. The zero-order valence-corrected chi connectivity index (χ0v) is 20.4. The van der Waals surface area contributed by atoms with E-state index in [2.05, 4.69) is 25.1 Å². The molecule has 10 heteroatoms. The fraction of sp³-hybridized carbons (Fsp3) is 0.143. The maximum atomic E-state index is 14.3. The summed E-state index contributed by atoms with van der Waals surface area (Å²) in [6, 6.07) is 16.6. The molecule has 9 nitrogen and oxygen atoms in total. The molecule has 2 aromatic carbocycles. The first-order valence-electron chi connectivity index (χ1n) is 12.2. The molecule has 0 spiro atoms. The highest BCUT2D eigenvalue weighted by atomic mass is 19.1. The Balaban J connectivity index is 1.30. The fourth-order valence-electron chi connectivity index (χ4n) is 4.93. The third-order valence-corrected chi connectivity index (χ3v) is 6.86. The average Bonchev–Trinajstić information content (AvgIpc) is 3.54. The van der Waals surface area contributed by atoms with Crippen LogP contribution in [0.1, 0.15) is 0 Å². The van der Waals surface area contributed by atoms with Crippen molar-refractivity contribution >= 4 is 27.8 Å². The van der Waals surface area contributed by atoms with E-state index in [9.17, 15) is 4.39 Å². The van der Waals surface area contributed by atoms with E-state index in [4.69, 9.17) is 20.4 Å². The SMILES string of the molecule is COc1cc(F)cc(-c2cccc3[nH]c(-c4n[nH]c5ccc(-c6cncc(N7CC(N)C7)n6)nc45)cc23)c1. The molecule has 188 valence electrons. The minimum absolute atomic E-state index is 0.170. The van der Waals surface area contributed by atoms with Gasteiger partial charge < -0.3 is 20.4 Å². The molecule has 0 bridgehead atoms. The predicted molar refractivity (Wildman–Crippen MR) is 144 cm³/mol. The van der Waals surface area contributed by atoms with Crippen molar-refractivity contribution in [1.29, 1.82) is 0 Å². The van der Waals surface area contributed by atoms with E-state index in [1.807, 2.05) is 42.5 Å². The van der Waals surface area contributed by atoms with Crippen molar-refractivity contribution < 1.29 is 9.13 Å². The summed E-state index contributed by atoms with van der Waals surface area (Å²) >= 11 is 0. The first-order valence-corrected chi connectivity index (χ1v) is 12.2. The van der Waals surface area contributed by atoms with Gasteiger partial charge in [-0.05, 0) is 47.5 Å². The van der Waals surface area contributed by atoms with Gasteiger partial charge in [0.1, 0.15) is 34.3 Å². The second-order valence-corrected chi connectivity index (χ2v) is 9.42. The molecule has 5 heterocycles. The van der Waals surface area contributed by atoms with E-state index >= 15 is 0 Å². The van der Waals surface area contributed by atoms with Crippen LogP contribution in [0.25, 0.3) is 55.8 Å². The number of halogens is 1. The molecule has 38 heavy (non-hydrogen) atoms. The molecule has 1 aliphatic rings. The summed E-state index contributed by atoms with van der Waals surface area (Å²) in [4.78, 5) is 19.6. The van der Waals surface area contributed by atoms with Gasteiger partial charge in [0.05, 0.1) is 36.4 Å². The molecule has 0 amide bonds. The third kappa shape index (κ3) is 3.73. The normalized spacial score (nSPS) is 13.8. The lowest BCUT2D eigenvalue weighted by molar-refractivity contribution is 0.411. The van der Waals surface area contributed by atoms with Gasteiger partial charge in [0.15, 0.2) is 0 Å². The smallest absolute Gasteiger partial charge is 0.147 e. The Labute approximate surface area is 216 Å². The highest BCUT2D eigenvalue weighted by molar-refractivity contribution is 6.00. The molecule has 4 N–H and O–H groups in total. The second kappa shape index (κ2) is 8.63. The number of nitrogens with two attached hydrogens (primary N) is 1. The number of hydrogen-bond donors (Lipinski definition) is 3. The van der Waals surface area contributed by atoms with Gasteiger partial charge in [-0.2, -0.15) is 5.10 Å². The van der Waals surface area contributed by atoms with Crippen molar-refractivity contribution in [3.63, 3.8) is 0 Å². The van der Waals surface area contributed by atoms with Gasteiger partial charge in [0.25, 0.3) is 0 Å². The molecule has 0 atom stereocenters. The number of fused-ring (bicyclic) bond motifs is 2.